The van der Waals surface area contributed by atoms with Crippen LogP contribution in [0, 0.1) is 11.6 Å². The van der Waals surface area contributed by atoms with E-state index in [4.69, 9.17) is 21.8 Å². The zero-order valence-electron chi connectivity index (χ0n) is 6.67. The first-order valence-corrected chi connectivity index (χ1v) is 3.86. The minimum atomic E-state index is -2.12. The normalized spacial score (nSPS) is 12.6. The van der Waals surface area contributed by atoms with E-state index in [2.05, 4.69) is 0 Å². The van der Waals surface area contributed by atoms with E-state index in [1.807, 2.05) is 0 Å². The summed E-state index contributed by atoms with van der Waals surface area (Å²) in [5, 5.41) is 16.8. The number of aliphatic carboxylic acids is 1. The van der Waals surface area contributed by atoms with Gasteiger partial charge in [-0.3, -0.25) is 0 Å². The first-order chi connectivity index (χ1) is 6.43. The summed E-state index contributed by atoms with van der Waals surface area (Å²) in [5.74, 6) is -3.72. The van der Waals surface area contributed by atoms with Crippen molar-refractivity contribution in [2.45, 2.75) is 6.10 Å². The van der Waals surface area contributed by atoms with Crippen LogP contribution in [0.5, 0.6) is 0 Å². The molecule has 0 bridgehead atoms. The lowest BCUT2D eigenvalue weighted by atomic mass is 10.1. The fourth-order valence-corrected chi connectivity index (χ4v) is 1.12. The van der Waals surface area contributed by atoms with E-state index in [1.165, 1.54) is 0 Å². The van der Waals surface area contributed by atoms with Gasteiger partial charge >= 0.3 is 5.97 Å². The minimum Gasteiger partial charge on any atom is -0.479 e. The van der Waals surface area contributed by atoms with E-state index in [0.717, 1.165) is 0 Å². The Bertz CT molecular complexity index is 381. The maximum Gasteiger partial charge on any atom is 0.337 e. The van der Waals surface area contributed by atoms with Crippen LogP contribution in [-0.4, -0.2) is 16.2 Å². The van der Waals surface area contributed by atoms with E-state index in [0.29, 0.717) is 12.1 Å². The molecule has 1 atom stereocenters. The number of halogens is 3. The molecule has 76 valence electrons. The molecule has 0 radical (unpaired) electrons. The summed E-state index contributed by atoms with van der Waals surface area (Å²) in [4.78, 5) is 10.3. The molecule has 0 amide bonds. The second-order valence-electron chi connectivity index (χ2n) is 2.53. The molecule has 0 heterocycles. The number of aliphatic hydroxyl groups excluding tert-OH is 1. The van der Waals surface area contributed by atoms with Crippen molar-refractivity contribution in [3.63, 3.8) is 0 Å². The lowest BCUT2D eigenvalue weighted by molar-refractivity contribution is -0.147. The molecule has 14 heavy (non-hydrogen) atoms. The molecule has 1 rings (SSSR count). The Kier molecular flexibility index (Phi) is 3.03. The lowest BCUT2D eigenvalue weighted by Gasteiger charge is -2.08. The average Bonchev–Trinajstić information content (AvgIpc) is 2.09. The number of carbonyl (C=O) groups is 1. The van der Waals surface area contributed by atoms with Gasteiger partial charge in [0, 0.05) is 5.56 Å². The third-order valence-corrected chi connectivity index (χ3v) is 1.82. The fourth-order valence-electron chi connectivity index (χ4n) is 0.908. The smallest absolute Gasteiger partial charge is 0.337 e. The summed E-state index contributed by atoms with van der Waals surface area (Å²) in [6.07, 6.45) is -2.12. The van der Waals surface area contributed by atoms with Gasteiger partial charge in [0.25, 0.3) is 0 Å². The third kappa shape index (κ3) is 2.00. The molecule has 0 spiro atoms. The van der Waals surface area contributed by atoms with Crippen LogP contribution < -0.4 is 0 Å². The van der Waals surface area contributed by atoms with Crippen LogP contribution in [0.15, 0.2) is 12.1 Å². The lowest BCUT2D eigenvalue weighted by Crippen LogP contribution is -2.12. The Labute approximate surface area is 82.5 Å². The molecule has 1 unspecified atom stereocenters. The van der Waals surface area contributed by atoms with Crippen LogP contribution in [0.4, 0.5) is 8.78 Å². The maximum absolute atomic E-state index is 13.1. The average molecular weight is 223 g/mol. The number of carboxylic acid groups (broad SMARTS) is 1. The molecule has 6 heteroatoms. The van der Waals surface area contributed by atoms with Gasteiger partial charge in [-0.1, -0.05) is 11.6 Å². The molecule has 0 fully saturated rings. The summed E-state index contributed by atoms with van der Waals surface area (Å²) >= 11 is 5.25. The quantitative estimate of drug-likeness (QED) is 0.750. The van der Waals surface area contributed by atoms with Gasteiger partial charge in [0.15, 0.2) is 6.10 Å². The highest BCUT2D eigenvalue weighted by atomic mass is 35.5. The van der Waals surface area contributed by atoms with Gasteiger partial charge in [-0.15, -0.1) is 0 Å². The van der Waals surface area contributed by atoms with Crippen molar-refractivity contribution >= 4 is 17.6 Å². The van der Waals surface area contributed by atoms with Gasteiger partial charge in [0.05, 0.1) is 5.02 Å². The van der Waals surface area contributed by atoms with Gasteiger partial charge in [-0.2, -0.15) is 0 Å². The number of benzene rings is 1. The van der Waals surface area contributed by atoms with Crippen LogP contribution in [0.25, 0.3) is 0 Å². The summed E-state index contributed by atoms with van der Waals surface area (Å²) in [5.41, 5.74) is -0.692. The molecule has 0 aliphatic carbocycles. The van der Waals surface area contributed by atoms with Crippen LogP contribution in [0.2, 0.25) is 5.02 Å². The Hall–Kier alpha value is -1.20. The zero-order valence-corrected chi connectivity index (χ0v) is 7.42. The topological polar surface area (TPSA) is 57.5 Å². The van der Waals surface area contributed by atoms with Gasteiger partial charge in [0.1, 0.15) is 11.6 Å². The van der Waals surface area contributed by atoms with Gasteiger partial charge in [-0.05, 0) is 12.1 Å². The van der Waals surface area contributed by atoms with Crippen LogP contribution in [0.1, 0.15) is 11.7 Å². The predicted molar refractivity (Wildman–Crippen MR) is 44.0 cm³/mol. The molecule has 1 aromatic carbocycles. The Morgan fingerprint density at radius 1 is 1.43 bits per heavy atom. The molecule has 0 aliphatic rings. The molecule has 1 aromatic rings. The van der Waals surface area contributed by atoms with Crippen molar-refractivity contribution in [1.29, 1.82) is 0 Å². The number of aliphatic hydroxyl groups is 1. The van der Waals surface area contributed by atoms with E-state index >= 15 is 0 Å². The van der Waals surface area contributed by atoms with E-state index in [-0.39, 0.29) is 0 Å². The predicted octanol–water partition coefficient (Wildman–Crippen LogP) is 1.74. The van der Waals surface area contributed by atoms with Gasteiger partial charge in [-0.25, -0.2) is 13.6 Å². The molecule has 0 aliphatic heterocycles. The van der Waals surface area contributed by atoms with Crippen molar-refractivity contribution in [2.24, 2.45) is 0 Å². The Morgan fingerprint density at radius 2 is 2.00 bits per heavy atom. The first-order valence-electron chi connectivity index (χ1n) is 3.48. The Morgan fingerprint density at radius 3 is 2.50 bits per heavy atom. The SMILES string of the molecule is O=C(O)C(O)c1cc(F)cc(Cl)c1F. The highest BCUT2D eigenvalue weighted by molar-refractivity contribution is 6.30. The summed E-state index contributed by atoms with van der Waals surface area (Å²) in [6.45, 7) is 0. The maximum atomic E-state index is 13.1. The highest BCUT2D eigenvalue weighted by Crippen LogP contribution is 2.25. The molecule has 0 saturated heterocycles. The van der Waals surface area contributed by atoms with Crippen molar-refractivity contribution in [1.82, 2.24) is 0 Å². The number of carboxylic acids is 1. The van der Waals surface area contributed by atoms with E-state index < -0.39 is 34.3 Å². The molecule has 3 nitrogen and oxygen atoms in total. The Balaban J connectivity index is 3.26. The van der Waals surface area contributed by atoms with Gasteiger partial charge < -0.3 is 10.2 Å². The molecule has 2 N–H and O–H groups in total. The fraction of sp³-hybridized carbons (Fsp3) is 0.125. The monoisotopic (exact) mass is 222 g/mol. The standard InChI is InChI=1S/C8H5ClF2O3/c9-5-2-3(10)1-4(6(5)11)7(12)8(13)14/h1-2,7,12H,(H,13,14). The minimum absolute atomic E-state index is 0.569. The van der Waals surface area contributed by atoms with Crippen LogP contribution >= 0.6 is 11.6 Å². The van der Waals surface area contributed by atoms with Crippen LogP contribution in [-0.2, 0) is 4.79 Å². The highest BCUT2D eigenvalue weighted by Gasteiger charge is 2.22. The molecule has 0 saturated carbocycles. The van der Waals surface area contributed by atoms with Crippen LogP contribution in [0.3, 0.4) is 0 Å². The van der Waals surface area contributed by atoms with Crippen molar-refractivity contribution in [3.8, 4) is 0 Å². The summed E-state index contributed by atoms with van der Waals surface area (Å²) in [7, 11) is 0. The second-order valence-corrected chi connectivity index (χ2v) is 2.94. The largest absolute Gasteiger partial charge is 0.479 e. The van der Waals surface area contributed by atoms with Crippen molar-refractivity contribution in [2.75, 3.05) is 0 Å². The van der Waals surface area contributed by atoms with Crippen molar-refractivity contribution in [3.05, 3.63) is 34.4 Å². The number of rotatable bonds is 2. The third-order valence-electron chi connectivity index (χ3n) is 1.55. The van der Waals surface area contributed by atoms with Crippen molar-refractivity contribution < 1.29 is 23.8 Å². The molecular formula is C8H5ClF2O3. The second kappa shape index (κ2) is 3.89. The first kappa shape index (κ1) is 10.9. The number of hydrogen-bond donors (Lipinski definition) is 2. The summed E-state index contributed by atoms with van der Waals surface area (Å²) < 4.78 is 25.7. The summed E-state index contributed by atoms with van der Waals surface area (Å²) in [6, 6.07) is 1.27. The van der Waals surface area contributed by atoms with E-state index in [9.17, 15) is 13.6 Å². The molecular weight excluding hydrogens is 218 g/mol. The van der Waals surface area contributed by atoms with Gasteiger partial charge in [0.2, 0.25) is 0 Å². The van der Waals surface area contributed by atoms with E-state index in [1.54, 1.807) is 0 Å². The zero-order chi connectivity index (χ0) is 10.9. The number of hydrogen-bond acceptors (Lipinski definition) is 2. The molecule has 0 aromatic heterocycles.